The molecule has 0 radical (unpaired) electrons. The van der Waals surface area contributed by atoms with E-state index in [1.54, 1.807) is 4.90 Å². The van der Waals surface area contributed by atoms with Gasteiger partial charge in [-0.1, -0.05) is 6.92 Å². The maximum Gasteiger partial charge on any atom is 0.233 e. The average Bonchev–Trinajstić information content (AvgIpc) is 2.49. The number of nitrogens with one attached hydrogen (secondary N) is 1. The highest BCUT2D eigenvalue weighted by atomic mass is 32.2. The van der Waals surface area contributed by atoms with Crippen molar-refractivity contribution in [1.82, 2.24) is 4.90 Å². The first-order valence-corrected chi connectivity index (χ1v) is 8.76. The molecule has 1 amide bonds. The summed E-state index contributed by atoms with van der Waals surface area (Å²) >= 11 is 0. The fourth-order valence-electron chi connectivity index (χ4n) is 2.28. The van der Waals surface area contributed by atoms with E-state index in [1.807, 2.05) is 4.72 Å². The molecular weight excluding hydrogens is 330 g/mol. The predicted molar refractivity (Wildman–Crippen MR) is 80.3 cm³/mol. The van der Waals surface area contributed by atoms with Crippen LogP contribution in [-0.4, -0.2) is 51.3 Å². The van der Waals surface area contributed by atoms with Crippen LogP contribution in [0.15, 0.2) is 18.2 Å². The number of halogens is 2. The van der Waals surface area contributed by atoms with Gasteiger partial charge in [0.05, 0.1) is 30.6 Å². The second kappa shape index (κ2) is 7.22. The molecule has 9 heteroatoms. The zero-order chi connectivity index (χ0) is 17.0. The summed E-state index contributed by atoms with van der Waals surface area (Å²) in [6.45, 7) is 3.18. The second-order valence-electron chi connectivity index (χ2n) is 5.35. The van der Waals surface area contributed by atoms with Crippen LogP contribution in [0, 0.1) is 17.6 Å². The van der Waals surface area contributed by atoms with E-state index in [-0.39, 0.29) is 11.6 Å². The van der Waals surface area contributed by atoms with Gasteiger partial charge in [-0.2, -0.15) is 0 Å². The van der Waals surface area contributed by atoms with E-state index in [1.165, 1.54) is 6.92 Å². The van der Waals surface area contributed by atoms with Crippen molar-refractivity contribution < 1.29 is 26.7 Å². The normalized spacial score (nSPS) is 16.9. The minimum absolute atomic E-state index is 0.293. The molecule has 0 aromatic heterocycles. The van der Waals surface area contributed by atoms with Crippen molar-refractivity contribution in [3.63, 3.8) is 0 Å². The summed E-state index contributed by atoms with van der Waals surface area (Å²) < 4.78 is 57.6. The van der Waals surface area contributed by atoms with E-state index in [2.05, 4.69) is 0 Å². The molecule has 0 saturated carbocycles. The lowest BCUT2D eigenvalue weighted by Crippen LogP contribution is -2.44. The van der Waals surface area contributed by atoms with Gasteiger partial charge in [-0.15, -0.1) is 0 Å². The molecule has 1 unspecified atom stereocenters. The molecule has 1 fully saturated rings. The van der Waals surface area contributed by atoms with Crippen LogP contribution >= 0.6 is 0 Å². The third-order valence-corrected chi connectivity index (χ3v) is 4.88. The molecule has 0 aliphatic carbocycles. The summed E-state index contributed by atoms with van der Waals surface area (Å²) in [5, 5.41) is 0. The van der Waals surface area contributed by atoms with Gasteiger partial charge in [0.15, 0.2) is 0 Å². The maximum atomic E-state index is 13.5. The summed E-state index contributed by atoms with van der Waals surface area (Å²) in [5.41, 5.74) is -0.350. The Hall–Kier alpha value is -1.74. The number of hydrogen-bond donors (Lipinski definition) is 1. The molecule has 1 aliphatic rings. The number of ether oxygens (including phenoxy) is 1. The highest BCUT2D eigenvalue weighted by Crippen LogP contribution is 2.18. The van der Waals surface area contributed by atoms with Gasteiger partial charge in [0, 0.05) is 19.2 Å². The number of anilines is 1. The largest absolute Gasteiger partial charge is 0.378 e. The Kier molecular flexibility index (Phi) is 5.53. The van der Waals surface area contributed by atoms with Gasteiger partial charge in [0.25, 0.3) is 0 Å². The third-order valence-electron chi connectivity index (χ3n) is 3.41. The Labute approximate surface area is 133 Å². The molecular formula is C14H18F2N2O4S. The Bertz CT molecular complexity index is 675. The van der Waals surface area contributed by atoms with Crippen LogP contribution in [0.25, 0.3) is 0 Å². The topological polar surface area (TPSA) is 75.7 Å². The molecule has 1 aromatic rings. The van der Waals surface area contributed by atoms with Crippen molar-refractivity contribution in [2.45, 2.75) is 6.92 Å². The quantitative estimate of drug-likeness (QED) is 0.868. The number of hydrogen-bond acceptors (Lipinski definition) is 4. The van der Waals surface area contributed by atoms with E-state index < -0.39 is 33.3 Å². The van der Waals surface area contributed by atoms with Crippen molar-refractivity contribution in [3.05, 3.63) is 29.8 Å². The average molecular weight is 348 g/mol. The van der Waals surface area contributed by atoms with Gasteiger partial charge < -0.3 is 9.64 Å². The summed E-state index contributed by atoms with van der Waals surface area (Å²) in [4.78, 5) is 13.7. The predicted octanol–water partition coefficient (Wildman–Crippen LogP) is 1.20. The molecule has 1 N–H and O–H groups in total. The molecule has 0 bridgehead atoms. The molecule has 1 heterocycles. The monoisotopic (exact) mass is 348 g/mol. The first kappa shape index (κ1) is 17.6. The van der Waals surface area contributed by atoms with Crippen molar-refractivity contribution in [3.8, 4) is 0 Å². The van der Waals surface area contributed by atoms with E-state index >= 15 is 0 Å². The van der Waals surface area contributed by atoms with Crippen LogP contribution < -0.4 is 4.72 Å². The standard InChI is InChI=1S/C14H18F2N2O4S/c1-10(14(19)18-4-6-22-7-5-18)9-23(20,21)17-13-3-2-11(15)8-12(13)16/h2-3,8,10,17H,4-7,9H2,1H3. The van der Waals surface area contributed by atoms with Crippen molar-refractivity contribution in [2.24, 2.45) is 5.92 Å². The summed E-state index contributed by atoms with van der Waals surface area (Å²) in [6, 6.07) is 2.53. The van der Waals surface area contributed by atoms with Crippen molar-refractivity contribution >= 4 is 21.6 Å². The van der Waals surface area contributed by atoms with Gasteiger partial charge in [-0.25, -0.2) is 17.2 Å². The fourth-order valence-corrected chi connectivity index (χ4v) is 3.66. The van der Waals surface area contributed by atoms with Crippen LogP contribution in [0.2, 0.25) is 0 Å². The number of sulfonamides is 1. The molecule has 6 nitrogen and oxygen atoms in total. The molecule has 2 rings (SSSR count). The Morgan fingerprint density at radius 1 is 1.35 bits per heavy atom. The van der Waals surface area contributed by atoms with E-state index in [0.717, 1.165) is 12.1 Å². The van der Waals surface area contributed by atoms with Gasteiger partial charge in [0.2, 0.25) is 15.9 Å². The summed E-state index contributed by atoms with van der Waals surface area (Å²) in [6.07, 6.45) is 0. The molecule has 128 valence electrons. The summed E-state index contributed by atoms with van der Waals surface area (Å²) in [5.74, 6) is -3.38. The lowest BCUT2D eigenvalue weighted by Gasteiger charge is -2.29. The number of rotatable bonds is 5. The van der Waals surface area contributed by atoms with Crippen LogP contribution in [0.3, 0.4) is 0 Å². The minimum atomic E-state index is -3.94. The smallest absolute Gasteiger partial charge is 0.233 e. The van der Waals surface area contributed by atoms with E-state index in [0.29, 0.717) is 32.4 Å². The SMILES string of the molecule is CC(CS(=O)(=O)Nc1ccc(F)cc1F)C(=O)N1CCOCC1. The molecule has 1 aliphatic heterocycles. The zero-order valence-electron chi connectivity index (χ0n) is 12.6. The first-order valence-electron chi connectivity index (χ1n) is 7.10. The number of amides is 1. The number of benzene rings is 1. The fraction of sp³-hybridized carbons (Fsp3) is 0.500. The molecule has 0 spiro atoms. The second-order valence-corrected chi connectivity index (χ2v) is 7.11. The highest BCUT2D eigenvalue weighted by Gasteiger charge is 2.27. The lowest BCUT2D eigenvalue weighted by atomic mass is 10.2. The van der Waals surface area contributed by atoms with Gasteiger partial charge >= 0.3 is 0 Å². The Morgan fingerprint density at radius 3 is 2.61 bits per heavy atom. The Morgan fingerprint density at radius 2 is 2.00 bits per heavy atom. The summed E-state index contributed by atoms with van der Waals surface area (Å²) in [7, 11) is -3.94. The maximum absolute atomic E-state index is 13.5. The number of nitrogens with zero attached hydrogens (tertiary/aromatic N) is 1. The van der Waals surface area contributed by atoms with Crippen LogP contribution in [-0.2, 0) is 19.6 Å². The number of morpholine rings is 1. The zero-order valence-corrected chi connectivity index (χ0v) is 13.4. The lowest BCUT2D eigenvalue weighted by molar-refractivity contribution is -0.138. The van der Waals surface area contributed by atoms with Gasteiger partial charge in [0.1, 0.15) is 11.6 Å². The van der Waals surface area contributed by atoms with Crippen LogP contribution in [0.5, 0.6) is 0 Å². The molecule has 23 heavy (non-hydrogen) atoms. The van der Waals surface area contributed by atoms with Crippen molar-refractivity contribution in [2.75, 3.05) is 36.8 Å². The Balaban J connectivity index is 2.00. The number of carbonyl (C=O) groups is 1. The van der Waals surface area contributed by atoms with E-state index in [4.69, 9.17) is 4.74 Å². The molecule has 1 aromatic carbocycles. The van der Waals surface area contributed by atoms with Crippen LogP contribution in [0.4, 0.5) is 14.5 Å². The highest BCUT2D eigenvalue weighted by molar-refractivity contribution is 7.92. The first-order chi connectivity index (χ1) is 10.8. The molecule has 1 saturated heterocycles. The molecule has 1 atom stereocenters. The van der Waals surface area contributed by atoms with E-state index in [9.17, 15) is 22.0 Å². The minimum Gasteiger partial charge on any atom is -0.378 e. The van der Waals surface area contributed by atoms with Crippen LogP contribution in [0.1, 0.15) is 6.92 Å². The van der Waals surface area contributed by atoms with Gasteiger partial charge in [-0.3, -0.25) is 9.52 Å². The third kappa shape index (κ3) is 4.87. The van der Waals surface area contributed by atoms with Crippen molar-refractivity contribution in [1.29, 1.82) is 0 Å². The number of carbonyl (C=O) groups excluding carboxylic acids is 1. The van der Waals surface area contributed by atoms with Gasteiger partial charge in [-0.05, 0) is 12.1 Å².